The van der Waals surface area contributed by atoms with E-state index in [1.807, 2.05) is 27.7 Å². The van der Waals surface area contributed by atoms with Crippen LogP contribution in [0.4, 0.5) is 4.79 Å². The zero-order valence-electron chi connectivity index (χ0n) is 13.9. The number of hydrazine groups is 1. The van der Waals surface area contributed by atoms with Gasteiger partial charge in [0.15, 0.2) is 0 Å². The number of nitrogens with one attached hydrogen (secondary N) is 2. The Bertz CT molecular complexity index is 444. The molecular formula is C14H26N4O4. The summed E-state index contributed by atoms with van der Waals surface area (Å²) in [7, 11) is 0. The van der Waals surface area contributed by atoms with Crippen LogP contribution in [-0.2, 0) is 14.3 Å². The molecule has 0 atom stereocenters. The maximum absolute atomic E-state index is 12.2. The van der Waals surface area contributed by atoms with E-state index in [0.717, 1.165) is 0 Å². The quantitative estimate of drug-likeness (QED) is 0.511. The third kappa shape index (κ3) is 4.09. The minimum absolute atomic E-state index is 0.0982. The van der Waals surface area contributed by atoms with Crippen LogP contribution in [0.3, 0.4) is 0 Å². The van der Waals surface area contributed by atoms with Gasteiger partial charge < -0.3 is 10.5 Å². The molecule has 0 spiro atoms. The van der Waals surface area contributed by atoms with Crippen molar-refractivity contribution in [2.75, 3.05) is 6.61 Å². The summed E-state index contributed by atoms with van der Waals surface area (Å²) < 4.78 is 5.15. The summed E-state index contributed by atoms with van der Waals surface area (Å²) in [6.07, 6.45) is 0.833. The van der Waals surface area contributed by atoms with Gasteiger partial charge in [0.25, 0.3) is 0 Å². The number of carbonyl (C=O) groups excluding carboxylic acids is 3. The minimum Gasteiger partial charge on any atom is -0.450 e. The molecule has 126 valence electrons. The van der Waals surface area contributed by atoms with Crippen molar-refractivity contribution >= 4 is 17.9 Å². The lowest BCUT2D eigenvalue weighted by Crippen LogP contribution is -2.67. The molecule has 1 rings (SSSR count). The molecule has 0 saturated carbocycles. The Hall–Kier alpha value is -1.83. The average molecular weight is 314 g/mol. The van der Waals surface area contributed by atoms with Gasteiger partial charge in [-0.15, -0.1) is 0 Å². The Kier molecular flexibility index (Phi) is 5.39. The summed E-state index contributed by atoms with van der Waals surface area (Å²) in [5.74, 6) is -1.93. The number of primary amides is 1. The summed E-state index contributed by atoms with van der Waals surface area (Å²) in [5.41, 5.74) is 9.08. The largest absolute Gasteiger partial charge is 0.450 e. The molecule has 4 N–H and O–H groups in total. The molecule has 0 bridgehead atoms. The highest BCUT2D eigenvalue weighted by Gasteiger charge is 2.48. The summed E-state index contributed by atoms with van der Waals surface area (Å²) in [4.78, 5) is 36.0. The lowest BCUT2D eigenvalue weighted by Gasteiger charge is -2.54. The summed E-state index contributed by atoms with van der Waals surface area (Å²) in [5, 5.41) is 0. The van der Waals surface area contributed by atoms with E-state index in [0.29, 0.717) is 19.4 Å². The van der Waals surface area contributed by atoms with E-state index < -0.39 is 22.9 Å². The van der Waals surface area contributed by atoms with Crippen LogP contribution >= 0.6 is 0 Å². The van der Waals surface area contributed by atoms with Crippen molar-refractivity contribution in [3.05, 3.63) is 0 Å². The second-order valence-corrected chi connectivity index (χ2v) is 6.73. The van der Waals surface area contributed by atoms with Crippen molar-refractivity contribution < 1.29 is 19.1 Å². The highest BCUT2D eigenvalue weighted by Crippen LogP contribution is 2.38. The van der Waals surface area contributed by atoms with Gasteiger partial charge in [-0.3, -0.25) is 19.9 Å². The van der Waals surface area contributed by atoms with Gasteiger partial charge in [-0.1, -0.05) is 0 Å². The van der Waals surface area contributed by atoms with Crippen LogP contribution in [0.25, 0.3) is 0 Å². The van der Waals surface area contributed by atoms with Gasteiger partial charge in [0.2, 0.25) is 0 Å². The number of nitrogens with two attached hydrogens (primary N) is 1. The molecule has 8 nitrogen and oxygen atoms in total. The Morgan fingerprint density at radius 2 is 1.68 bits per heavy atom. The van der Waals surface area contributed by atoms with Gasteiger partial charge >= 0.3 is 17.9 Å². The minimum atomic E-state index is -1.05. The molecular weight excluding hydrogens is 288 g/mol. The van der Waals surface area contributed by atoms with E-state index in [4.69, 9.17) is 10.5 Å². The fourth-order valence-electron chi connectivity index (χ4n) is 3.29. The zero-order valence-corrected chi connectivity index (χ0v) is 13.9. The van der Waals surface area contributed by atoms with E-state index in [1.165, 1.54) is 0 Å². The van der Waals surface area contributed by atoms with Gasteiger partial charge in [-0.2, -0.15) is 0 Å². The van der Waals surface area contributed by atoms with Crippen LogP contribution in [0.1, 0.15) is 47.5 Å². The summed E-state index contributed by atoms with van der Waals surface area (Å²) in [6.45, 7) is 9.85. The molecule has 3 amide bonds. The Labute approximate surface area is 130 Å². The van der Waals surface area contributed by atoms with Crippen LogP contribution in [0.2, 0.25) is 0 Å². The molecule has 0 radical (unpaired) electrons. The zero-order chi connectivity index (χ0) is 17.1. The van der Waals surface area contributed by atoms with E-state index >= 15 is 0 Å². The molecule has 8 heteroatoms. The van der Waals surface area contributed by atoms with Crippen LogP contribution < -0.4 is 16.6 Å². The molecule has 0 aromatic carbocycles. The molecule has 1 aliphatic heterocycles. The Morgan fingerprint density at radius 1 is 1.18 bits per heavy atom. The molecule has 0 unspecified atom stereocenters. The first kappa shape index (κ1) is 18.2. The number of rotatable bonds is 3. The monoisotopic (exact) mass is 314 g/mol. The SMILES string of the molecule is CCOC(=O)N1C(C)(C)CC(NNC(=O)C(N)=O)CC1(C)C. The normalized spacial score (nSPS) is 20.3. The van der Waals surface area contributed by atoms with Crippen molar-refractivity contribution in [1.82, 2.24) is 15.8 Å². The first-order valence-corrected chi connectivity index (χ1v) is 7.33. The van der Waals surface area contributed by atoms with E-state index in [9.17, 15) is 14.4 Å². The molecule has 0 aromatic heterocycles. The van der Waals surface area contributed by atoms with Crippen LogP contribution in [-0.4, -0.2) is 46.5 Å². The predicted molar refractivity (Wildman–Crippen MR) is 80.5 cm³/mol. The number of carbonyl (C=O) groups is 3. The number of ether oxygens (including phenoxy) is 1. The van der Waals surface area contributed by atoms with Crippen molar-refractivity contribution in [3.8, 4) is 0 Å². The number of amides is 3. The van der Waals surface area contributed by atoms with Crippen LogP contribution in [0.15, 0.2) is 0 Å². The van der Waals surface area contributed by atoms with E-state index in [2.05, 4.69) is 10.9 Å². The second-order valence-electron chi connectivity index (χ2n) is 6.73. The highest BCUT2D eigenvalue weighted by molar-refractivity contribution is 6.34. The van der Waals surface area contributed by atoms with E-state index in [-0.39, 0.29) is 12.1 Å². The standard InChI is InChI=1S/C14H26N4O4/c1-6-22-12(21)18-13(2,3)7-9(8-14(18,4)5)16-17-11(20)10(15)19/h9,16H,6-8H2,1-5H3,(H2,15,19)(H,17,20). The Morgan fingerprint density at radius 3 is 2.09 bits per heavy atom. The molecule has 1 aliphatic rings. The summed E-state index contributed by atoms with van der Waals surface area (Å²) in [6, 6.07) is -0.0982. The molecule has 1 saturated heterocycles. The number of piperidine rings is 1. The molecule has 0 aliphatic carbocycles. The Balaban J connectivity index is 2.82. The van der Waals surface area contributed by atoms with Gasteiger partial charge in [-0.25, -0.2) is 10.2 Å². The molecule has 1 heterocycles. The van der Waals surface area contributed by atoms with Crippen molar-refractivity contribution in [3.63, 3.8) is 0 Å². The lowest BCUT2D eigenvalue weighted by molar-refractivity contribution is -0.138. The average Bonchev–Trinajstić information content (AvgIpc) is 2.32. The lowest BCUT2D eigenvalue weighted by atomic mass is 9.77. The first-order valence-electron chi connectivity index (χ1n) is 7.33. The van der Waals surface area contributed by atoms with Gasteiger partial charge in [0.05, 0.1) is 6.61 Å². The molecule has 22 heavy (non-hydrogen) atoms. The fourth-order valence-corrected chi connectivity index (χ4v) is 3.29. The smallest absolute Gasteiger partial charge is 0.410 e. The first-order chi connectivity index (χ1) is 10.0. The second kappa shape index (κ2) is 6.51. The number of likely N-dealkylation sites (tertiary alicyclic amines) is 1. The van der Waals surface area contributed by atoms with Gasteiger partial charge in [0, 0.05) is 17.1 Å². The van der Waals surface area contributed by atoms with E-state index in [1.54, 1.807) is 11.8 Å². The van der Waals surface area contributed by atoms with Crippen LogP contribution in [0.5, 0.6) is 0 Å². The van der Waals surface area contributed by atoms with Crippen molar-refractivity contribution in [2.24, 2.45) is 5.73 Å². The number of hydrogen-bond acceptors (Lipinski definition) is 5. The number of nitrogens with zero attached hydrogens (tertiary/aromatic N) is 1. The van der Waals surface area contributed by atoms with Gasteiger partial charge in [-0.05, 0) is 47.5 Å². The third-order valence-corrected chi connectivity index (χ3v) is 3.77. The van der Waals surface area contributed by atoms with Crippen LogP contribution in [0, 0.1) is 0 Å². The maximum atomic E-state index is 12.2. The van der Waals surface area contributed by atoms with Gasteiger partial charge in [0.1, 0.15) is 0 Å². The topological polar surface area (TPSA) is 114 Å². The number of hydrogen-bond donors (Lipinski definition) is 3. The summed E-state index contributed by atoms with van der Waals surface area (Å²) >= 11 is 0. The van der Waals surface area contributed by atoms with Crippen molar-refractivity contribution in [1.29, 1.82) is 0 Å². The fraction of sp³-hybridized carbons (Fsp3) is 0.786. The molecule has 1 fully saturated rings. The highest BCUT2D eigenvalue weighted by atomic mass is 16.6. The predicted octanol–water partition coefficient (Wildman–Crippen LogP) is 0.271. The maximum Gasteiger partial charge on any atom is 0.410 e. The third-order valence-electron chi connectivity index (χ3n) is 3.77. The molecule has 0 aromatic rings. The van der Waals surface area contributed by atoms with Crippen molar-refractivity contribution in [2.45, 2.75) is 64.6 Å².